The number of unbranched alkanes of at least 4 members (excludes halogenated alkanes) is 1. The maximum atomic E-state index is 5.75. The van der Waals surface area contributed by atoms with Gasteiger partial charge in [0.15, 0.2) is 11.5 Å². The fourth-order valence-corrected chi connectivity index (χ4v) is 2.53. The molecule has 25 heavy (non-hydrogen) atoms. The fourth-order valence-electron chi connectivity index (χ4n) is 2.53. The molecule has 0 amide bonds. The first-order valence-electron chi connectivity index (χ1n) is 8.99. The van der Waals surface area contributed by atoms with E-state index in [1.807, 2.05) is 6.07 Å². The van der Waals surface area contributed by atoms with Crippen molar-refractivity contribution >= 4 is 9.90 Å². The Balaban J connectivity index is 0.00000312. The van der Waals surface area contributed by atoms with Crippen LogP contribution in [0.2, 0.25) is 0 Å². The summed E-state index contributed by atoms with van der Waals surface area (Å²) in [5, 5.41) is 0. The average molecular weight is 372 g/mol. The Bertz CT molecular complexity index is 481. The van der Waals surface area contributed by atoms with E-state index >= 15 is 0 Å². The summed E-state index contributed by atoms with van der Waals surface area (Å²) >= 11 is 0. The van der Waals surface area contributed by atoms with Crippen molar-refractivity contribution in [3.05, 3.63) is 23.3 Å². The van der Waals surface area contributed by atoms with Crippen molar-refractivity contribution in [2.24, 2.45) is 0 Å². The van der Waals surface area contributed by atoms with Gasteiger partial charge in [-0.15, -0.1) is 0 Å². The largest absolute Gasteiger partial charge is 0.454 e. The van der Waals surface area contributed by atoms with Crippen molar-refractivity contribution < 1.29 is 23.7 Å². The van der Waals surface area contributed by atoms with Crippen molar-refractivity contribution in [2.45, 2.75) is 46.1 Å². The molecule has 0 radical (unpaired) electrons. The molecule has 5 nitrogen and oxygen atoms in total. The molecule has 0 saturated carbocycles. The van der Waals surface area contributed by atoms with Gasteiger partial charge in [0.25, 0.3) is 0 Å². The van der Waals surface area contributed by atoms with Gasteiger partial charge in [0.2, 0.25) is 6.79 Å². The predicted octanol–water partition coefficient (Wildman–Crippen LogP) is 3.78. The molecule has 0 N–H and O–H groups in total. The molecule has 0 saturated heterocycles. The van der Waals surface area contributed by atoms with E-state index in [2.05, 4.69) is 19.9 Å². The van der Waals surface area contributed by atoms with Gasteiger partial charge < -0.3 is 23.7 Å². The predicted molar refractivity (Wildman–Crippen MR) is 104 cm³/mol. The SMILES string of the molecule is CCCCOCCOCCOCc1cc2c(cc1CCC)OCO2.P. The molecule has 1 unspecified atom stereocenters. The van der Waals surface area contributed by atoms with E-state index in [1.54, 1.807) is 0 Å². The van der Waals surface area contributed by atoms with Gasteiger partial charge >= 0.3 is 0 Å². The lowest BCUT2D eigenvalue weighted by molar-refractivity contribution is 0.0101. The Morgan fingerprint density at radius 1 is 0.800 bits per heavy atom. The van der Waals surface area contributed by atoms with Crippen molar-refractivity contribution in [2.75, 3.05) is 39.8 Å². The van der Waals surface area contributed by atoms with Crippen molar-refractivity contribution in [3.8, 4) is 11.5 Å². The molecule has 0 aromatic heterocycles. The minimum Gasteiger partial charge on any atom is -0.454 e. The summed E-state index contributed by atoms with van der Waals surface area (Å²) in [6.45, 7) is 8.47. The van der Waals surface area contributed by atoms with Crippen LogP contribution in [0.15, 0.2) is 12.1 Å². The first kappa shape index (κ1) is 22.2. The zero-order valence-electron chi connectivity index (χ0n) is 15.7. The van der Waals surface area contributed by atoms with E-state index in [4.69, 9.17) is 23.7 Å². The van der Waals surface area contributed by atoms with E-state index in [-0.39, 0.29) is 9.90 Å². The van der Waals surface area contributed by atoms with Crippen LogP contribution in [0.5, 0.6) is 11.5 Å². The van der Waals surface area contributed by atoms with Crippen LogP contribution < -0.4 is 9.47 Å². The van der Waals surface area contributed by atoms with Gasteiger partial charge in [0.1, 0.15) is 0 Å². The number of hydrogen-bond acceptors (Lipinski definition) is 5. The number of benzene rings is 1. The molecule has 0 aliphatic carbocycles. The molecule has 1 heterocycles. The van der Waals surface area contributed by atoms with Gasteiger partial charge in [-0.2, -0.15) is 9.90 Å². The fraction of sp³-hybridized carbons (Fsp3) is 0.684. The van der Waals surface area contributed by atoms with Crippen LogP contribution in [0.25, 0.3) is 0 Å². The summed E-state index contributed by atoms with van der Waals surface area (Å²) in [5.74, 6) is 1.66. The first-order valence-corrected chi connectivity index (χ1v) is 8.99. The van der Waals surface area contributed by atoms with E-state index in [1.165, 1.54) is 11.1 Å². The molecule has 0 spiro atoms. The molecule has 1 aromatic rings. The molecule has 0 fully saturated rings. The lowest BCUT2D eigenvalue weighted by atomic mass is 10.0. The van der Waals surface area contributed by atoms with Gasteiger partial charge in [-0.05, 0) is 36.1 Å². The molecule has 6 heteroatoms. The van der Waals surface area contributed by atoms with Crippen LogP contribution in [0, 0.1) is 0 Å². The van der Waals surface area contributed by atoms with Crippen LogP contribution in [0.4, 0.5) is 0 Å². The molecule has 1 aliphatic rings. The number of fused-ring (bicyclic) bond motifs is 1. The second-order valence-corrected chi connectivity index (χ2v) is 5.86. The molecular weight excluding hydrogens is 339 g/mol. The van der Waals surface area contributed by atoms with Crippen LogP contribution in [-0.4, -0.2) is 39.8 Å². The van der Waals surface area contributed by atoms with Gasteiger partial charge in [-0.25, -0.2) is 0 Å². The Morgan fingerprint density at radius 2 is 1.40 bits per heavy atom. The zero-order valence-corrected chi connectivity index (χ0v) is 17.1. The van der Waals surface area contributed by atoms with Crippen LogP contribution in [0.1, 0.15) is 44.2 Å². The third-order valence-electron chi connectivity index (χ3n) is 3.86. The van der Waals surface area contributed by atoms with Crippen LogP contribution in [0.3, 0.4) is 0 Å². The van der Waals surface area contributed by atoms with Crippen LogP contribution in [-0.2, 0) is 27.2 Å². The summed E-state index contributed by atoms with van der Waals surface area (Å²) in [5.41, 5.74) is 2.44. The third kappa shape index (κ3) is 7.91. The van der Waals surface area contributed by atoms with Crippen LogP contribution >= 0.6 is 9.90 Å². The molecular formula is C19H33O5P. The Kier molecular flexibility index (Phi) is 11.8. The van der Waals surface area contributed by atoms with Crippen molar-refractivity contribution in [3.63, 3.8) is 0 Å². The maximum absolute atomic E-state index is 5.75. The summed E-state index contributed by atoms with van der Waals surface area (Å²) < 4.78 is 27.6. The van der Waals surface area contributed by atoms with E-state index in [9.17, 15) is 0 Å². The summed E-state index contributed by atoms with van der Waals surface area (Å²) in [4.78, 5) is 0. The number of hydrogen-bond donors (Lipinski definition) is 0. The van der Waals surface area contributed by atoms with Gasteiger partial charge in [-0.3, -0.25) is 0 Å². The second kappa shape index (κ2) is 13.3. The highest BCUT2D eigenvalue weighted by Gasteiger charge is 2.16. The smallest absolute Gasteiger partial charge is 0.231 e. The summed E-state index contributed by atoms with van der Waals surface area (Å²) in [6, 6.07) is 4.12. The molecule has 0 bridgehead atoms. The second-order valence-electron chi connectivity index (χ2n) is 5.86. The molecule has 2 rings (SSSR count). The lowest BCUT2D eigenvalue weighted by Gasteiger charge is -2.11. The summed E-state index contributed by atoms with van der Waals surface area (Å²) in [6.07, 6.45) is 4.38. The molecule has 1 atom stereocenters. The quantitative estimate of drug-likeness (QED) is 0.390. The number of ether oxygens (including phenoxy) is 5. The molecule has 1 aliphatic heterocycles. The Labute approximate surface area is 154 Å². The van der Waals surface area contributed by atoms with Crippen molar-refractivity contribution in [1.29, 1.82) is 0 Å². The number of rotatable bonds is 13. The lowest BCUT2D eigenvalue weighted by Crippen LogP contribution is -2.10. The van der Waals surface area contributed by atoms with Gasteiger partial charge in [-0.1, -0.05) is 26.7 Å². The highest BCUT2D eigenvalue weighted by Crippen LogP contribution is 2.35. The monoisotopic (exact) mass is 372 g/mol. The minimum absolute atomic E-state index is 0. The number of aryl methyl sites for hydroxylation is 1. The van der Waals surface area contributed by atoms with Gasteiger partial charge in [0, 0.05) is 6.61 Å². The van der Waals surface area contributed by atoms with E-state index < -0.39 is 0 Å². The van der Waals surface area contributed by atoms with Gasteiger partial charge in [0.05, 0.1) is 33.0 Å². The topological polar surface area (TPSA) is 46.2 Å². The maximum Gasteiger partial charge on any atom is 0.231 e. The highest BCUT2D eigenvalue weighted by molar-refractivity contribution is 6.92. The Morgan fingerprint density at radius 3 is 2.04 bits per heavy atom. The standard InChI is InChI=1S/C19H30O5.H3P/c1-3-5-7-20-8-9-21-10-11-22-14-17-13-19-18(23-15-24-19)12-16(17)6-4-2;/h12-13H,3-11,14-15H2,1-2H3;1H3. The molecule has 144 valence electrons. The average Bonchev–Trinajstić information content (AvgIpc) is 3.04. The van der Waals surface area contributed by atoms with Crippen molar-refractivity contribution in [1.82, 2.24) is 0 Å². The normalized spacial score (nSPS) is 12.2. The minimum atomic E-state index is 0. The summed E-state index contributed by atoms with van der Waals surface area (Å²) in [7, 11) is 0. The Hall–Kier alpha value is -0.870. The third-order valence-corrected chi connectivity index (χ3v) is 3.86. The highest BCUT2D eigenvalue weighted by atomic mass is 31.0. The van der Waals surface area contributed by atoms with E-state index in [0.29, 0.717) is 39.8 Å². The zero-order chi connectivity index (χ0) is 17.0. The first-order chi connectivity index (χ1) is 11.8. The van der Waals surface area contributed by atoms with E-state index in [0.717, 1.165) is 43.8 Å². The molecule has 1 aromatic carbocycles.